The van der Waals surface area contributed by atoms with E-state index in [0.29, 0.717) is 64.0 Å². The second-order valence-electron chi connectivity index (χ2n) is 12.9. The van der Waals surface area contributed by atoms with Gasteiger partial charge in [0.2, 0.25) is 5.95 Å². The smallest absolute Gasteiger partial charge is 0.337 e. The number of hydrogen-bond acceptors (Lipinski definition) is 9. The van der Waals surface area contributed by atoms with Gasteiger partial charge in [-0.2, -0.15) is 9.36 Å². The summed E-state index contributed by atoms with van der Waals surface area (Å²) >= 11 is 1.30. The fourth-order valence-corrected chi connectivity index (χ4v) is 7.40. The molecule has 0 bridgehead atoms. The van der Waals surface area contributed by atoms with Crippen molar-refractivity contribution in [2.75, 3.05) is 31.8 Å². The van der Waals surface area contributed by atoms with Gasteiger partial charge in [-0.15, -0.1) is 0 Å². The van der Waals surface area contributed by atoms with Gasteiger partial charge in [0.25, 0.3) is 0 Å². The Labute approximate surface area is 266 Å². The van der Waals surface area contributed by atoms with E-state index in [2.05, 4.69) is 4.90 Å². The molecule has 45 heavy (non-hydrogen) atoms. The summed E-state index contributed by atoms with van der Waals surface area (Å²) in [6.07, 6.45) is 2.18. The zero-order valence-corrected chi connectivity index (χ0v) is 27.7. The first kappa shape index (κ1) is 31.4. The largest absolute Gasteiger partial charge is 0.490 e. The number of aromatic nitrogens is 4. The van der Waals surface area contributed by atoms with Gasteiger partial charge in [0, 0.05) is 48.5 Å². The van der Waals surface area contributed by atoms with Gasteiger partial charge in [-0.3, -0.25) is 0 Å². The molecule has 1 aromatic carbocycles. The summed E-state index contributed by atoms with van der Waals surface area (Å²) in [4.78, 5) is 24.9. The second kappa shape index (κ2) is 12.0. The number of anilines is 1. The van der Waals surface area contributed by atoms with E-state index in [1.54, 1.807) is 14.0 Å². The molecule has 6 rings (SSSR count). The SMILES string of the molecule is COC[C@@H]1CCCN1c1nsc(-c2cc3c(-c4cc(F)c5c(c4C)CCCO5)c([C@H](OC(C)(C)C)C(=O)O)c(C)nc3n2C)n1. The van der Waals surface area contributed by atoms with Crippen molar-refractivity contribution < 1.29 is 28.5 Å². The van der Waals surface area contributed by atoms with E-state index in [-0.39, 0.29) is 11.8 Å². The zero-order chi connectivity index (χ0) is 32.2. The first-order valence-corrected chi connectivity index (χ1v) is 16.1. The maximum absolute atomic E-state index is 15.7. The highest BCUT2D eigenvalue weighted by molar-refractivity contribution is 7.09. The number of pyridine rings is 1. The fraction of sp³-hybridized carbons (Fsp3) is 0.515. The number of aryl methyl sites for hydroxylation is 2. The molecule has 3 aromatic heterocycles. The zero-order valence-electron chi connectivity index (χ0n) is 26.9. The molecule has 1 fully saturated rings. The number of nitrogens with zero attached hydrogens (tertiary/aromatic N) is 5. The Morgan fingerprint density at radius 2 is 2.02 bits per heavy atom. The number of hydrogen-bond donors (Lipinski definition) is 1. The number of benzene rings is 1. The molecule has 0 unspecified atom stereocenters. The maximum Gasteiger partial charge on any atom is 0.337 e. The molecular formula is C33H40FN5O5S. The first-order valence-electron chi connectivity index (χ1n) is 15.3. The van der Waals surface area contributed by atoms with Gasteiger partial charge in [-0.1, -0.05) is 0 Å². The van der Waals surface area contributed by atoms with Crippen LogP contribution >= 0.6 is 11.5 Å². The van der Waals surface area contributed by atoms with Crippen LogP contribution in [0, 0.1) is 19.7 Å². The average Bonchev–Trinajstić information content (AvgIpc) is 3.72. The van der Waals surface area contributed by atoms with Crippen LogP contribution in [-0.4, -0.2) is 68.5 Å². The summed E-state index contributed by atoms with van der Waals surface area (Å²) in [5.41, 5.74) is 4.37. The van der Waals surface area contributed by atoms with E-state index in [9.17, 15) is 9.90 Å². The molecule has 5 heterocycles. The normalized spacial score (nSPS) is 17.5. The van der Waals surface area contributed by atoms with Crippen molar-refractivity contribution in [2.24, 2.45) is 7.05 Å². The predicted octanol–water partition coefficient (Wildman–Crippen LogP) is 6.40. The van der Waals surface area contributed by atoms with Crippen LogP contribution in [0.3, 0.4) is 0 Å². The Bertz CT molecular complexity index is 1780. The minimum atomic E-state index is -1.34. The van der Waals surface area contributed by atoms with Crippen molar-refractivity contribution in [3.05, 3.63) is 40.3 Å². The molecule has 1 saturated heterocycles. The van der Waals surface area contributed by atoms with Crippen molar-refractivity contribution in [3.8, 4) is 27.6 Å². The van der Waals surface area contributed by atoms with Crippen molar-refractivity contribution in [1.29, 1.82) is 0 Å². The van der Waals surface area contributed by atoms with E-state index in [1.165, 1.54) is 17.6 Å². The summed E-state index contributed by atoms with van der Waals surface area (Å²) in [7, 11) is 3.62. The molecule has 240 valence electrons. The highest BCUT2D eigenvalue weighted by atomic mass is 32.1. The third kappa shape index (κ3) is 5.68. The molecule has 1 N–H and O–H groups in total. The van der Waals surface area contributed by atoms with Gasteiger partial charge < -0.3 is 28.8 Å². The van der Waals surface area contributed by atoms with Gasteiger partial charge in [-0.05, 0) is 95.1 Å². The molecule has 12 heteroatoms. The number of ether oxygens (including phenoxy) is 3. The Kier molecular flexibility index (Phi) is 8.34. The molecule has 4 aromatic rings. The summed E-state index contributed by atoms with van der Waals surface area (Å²) in [5.74, 6) is -0.669. The molecule has 0 aliphatic carbocycles. The van der Waals surface area contributed by atoms with Crippen LogP contribution in [0.4, 0.5) is 10.3 Å². The summed E-state index contributed by atoms with van der Waals surface area (Å²) in [5, 5.41) is 11.9. The Balaban J connectivity index is 1.59. The van der Waals surface area contributed by atoms with Gasteiger partial charge in [0.1, 0.15) is 5.65 Å². The van der Waals surface area contributed by atoms with Crippen LogP contribution in [0.5, 0.6) is 5.75 Å². The lowest BCUT2D eigenvalue weighted by atomic mass is 9.86. The van der Waals surface area contributed by atoms with Gasteiger partial charge in [0.05, 0.1) is 30.6 Å². The number of carbonyl (C=O) groups is 1. The van der Waals surface area contributed by atoms with E-state index < -0.39 is 23.5 Å². The van der Waals surface area contributed by atoms with Crippen LogP contribution < -0.4 is 9.64 Å². The van der Waals surface area contributed by atoms with E-state index in [4.69, 9.17) is 28.6 Å². The molecule has 2 aliphatic heterocycles. The molecular weight excluding hydrogens is 597 g/mol. The summed E-state index contributed by atoms with van der Waals surface area (Å²) in [6, 6.07) is 3.65. The van der Waals surface area contributed by atoms with Crippen LogP contribution in [0.1, 0.15) is 68.5 Å². The monoisotopic (exact) mass is 637 g/mol. The average molecular weight is 638 g/mol. The number of carboxylic acid groups (broad SMARTS) is 1. The molecule has 2 aliphatic rings. The highest BCUT2D eigenvalue weighted by Crippen LogP contribution is 2.46. The Morgan fingerprint density at radius 1 is 1.24 bits per heavy atom. The van der Waals surface area contributed by atoms with Gasteiger partial charge in [0.15, 0.2) is 22.7 Å². The van der Waals surface area contributed by atoms with Crippen molar-refractivity contribution in [3.63, 3.8) is 0 Å². The minimum absolute atomic E-state index is 0.227. The third-order valence-electron chi connectivity index (χ3n) is 8.69. The molecule has 2 atom stereocenters. The lowest BCUT2D eigenvalue weighted by molar-refractivity contribution is -0.160. The number of methoxy groups -OCH3 is 1. The third-order valence-corrected chi connectivity index (χ3v) is 9.42. The molecule has 10 nitrogen and oxygen atoms in total. The van der Waals surface area contributed by atoms with Crippen molar-refractivity contribution in [1.82, 2.24) is 18.9 Å². The standard InChI is InChI=1S/C33H40FN5O5S/c1-17-20-11-9-13-43-27(20)23(34)14-21(17)26-22-15-24(30-36-32(37-45-30)39-12-8-10-19(39)16-42-7)38(6)29(22)35-18(2)25(26)28(31(40)41)44-33(3,4)5/h14-15,19,28H,8-13,16H2,1-7H3,(H,40,41)/t19-,28-/m0/s1. The number of fused-ring (bicyclic) bond motifs is 2. The second-order valence-corrected chi connectivity index (χ2v) is 13.6. The Morgan fingerprint density at radius 3 is 2.73 bits per heavy atom. The van der Waals surface area contributed by atoms with Crippen LogP contribution in [0.2, 0.25) is 0 Å². The van der Waals surface area contributed by atoms with Crippen LogP contribution in [0.15, 0.2) is 12.1 Å². The molecule has 0 spiro atoms. The first-order chi connectivity index (χ1) is 21.4. The van der Waals surface area contributed by atoms with Crippen LogP contribution in [-0.2, 0) is 27.7 Å². The fourth-order valence-electron chi connectivity index (χ4n) is 6.68. The summed E-state index contributed by atoms with van der Waals surface area (Å²) < 4.78 is 39.7. The molecule has 0 amide bonds. The van der Waals surface area contributed by atoms with E-state index in [1.807, 2.05) is 45.4 Å². The lowest BCUT2D eigenvalue weighted by Gasteiger charge is -2.29. The molecule has 0 saturated carbocycles. The van der Waals surface area contributed by atoms with Gasteiger partial charge >= 0.3 is 5.97 Å². The van der Waals surface area contributed by atoms with E-state index >= 15 is 4.39 Å². The highest BCUT2D eigenvalue weighted by Gasteiger charge is 2.35. The van der Waals surface area contributed by atoms with Crippen LogP contribution in [0.25, 0.3) is 32.9 Å². The van der Waals surface area contributed by atoms with Gasteiger partial charge in [-0.25, -0.2) is 14.2 Å². The Hall–Kier alpha value is -3.61. The van der Waals surface area contributed by atoms with Crippen molar-refractivity contribution in [2.45, 2.75) is 78.0 Å². The van der Waals surface area contributed by atoms with E-state index in [0.717, 1.165) is 42.6 Å². The number of carboxylic acids is 1. The quantitative estimate of drug-likeness (QED) is 0.235. The summed E-state index contributed by atoms with van der Waals surface area (Å²) in [6.45, 7) is 11.1. The molecule has 0 radical (unpaired) electrons. The number of halogens is 1. The topological polar surface area (TPSA) is 112 Å². The minimum Gasteiger partial charge on any atom is -0.490 e. The van der Waals surface area contributed by atoms with Crippen molar-refractivity contribution >= 4 is 34.5 Å². The predicted molar refractivity (Wildman–Crippen MR) is 172 cm³/mol. The maximum atomic E-state index is 15.7. The number of rotatable bonds is 8. The number of aliphatic carboxylic acids is 1. The lowest BCUT2D eigenvalue weighted by Crippen LogP contribution is -2.33.